The van der Waals surface area contributed by atoms with Crippen molar-refractivity contribution in [1.82, 2.24) is 14.6 Å². The van der Waals surface area contributed by atoms with Crippen molar-refractivity contribution in [2.75, 3.05) is 7.11 Å². The molecular weight excluding hydrogens is 374 g/mol. The molecule has 0 N–H and O–H groups in total. The van der Waals surface area contributed by atoms with Gasteiger partial charge in [-0.05, 0) is 57.2 Å². The molecule has 3 aromatic rings. The first-order valence-electron chi connectivity index (χ1n) is 9.99. The van der Waals surface area contributed by atoms with Gasteiger partial charge in [-0.1, -0.05) is 25.4 Å². The van der Waals surface area contributed by atoms with Crippen LogP contribution in [0, 0.1) is 6.92 Å². The second-order valence-electron chi connectivity index (χ2n) is 7.29. The summed E-state index contributed by atoms with van der Waals surface area (Å²) in [6.07, 6.45) is 5.18. The Morgan fingerprint density at radius 3 is 2.68 bits per heavy atom. The zero-order valence-corrected chi connectivity index (χ0v) is 17.6. The van der Waals surface area contributed by atoms with Gasteiger partial charge in [-0.3, -0.25) is 0 Å². The van der Waals surface area contributed by atoms with E-state index >= 15 is 0 Å². The van der Waals surface area contributed by atoms with Crippen LogP contribution in [-0.2, 0) is 12.8 Å². The second-order valence-corrected chi connectivity index (χ2v) is 7.70. The molecule has 2 heterocycles. The van der Waals surface area contributed by atoms with Crippen molar-refractivity contribution in [1.29, 1.82) is 0 Å². The van der Waals surface area contributed by atoms with Crippen molar-refractivity contribution in [3.05, 3.63) is 40.2 Å². The molecule has 1 aliphatic carbocycles. The van der Waals surface area contributed by atoms with Gasteiger partial charge < -0.3 is 9.47 Å². The third-order valence-electron chi connectivity index (χ3n) is 5.55. The van der Waals surface area contributed by atoms with Crippen LogP contribution in [0.3, 0.4) is 0 Å². The largest absolute Gasteiger partial charge is 0.497 e. The molecule has 0 amide bonds. The number of rotatable bonds is 6. The molecule has 0 saturated heterocycles. The molecule has 28 heavy (non-hydrogen) atoms. The van der Waals surface area contributed by atoms with E-state index in [1.807, 2.05) is 29.6 Å². The van der Waals surface area contributed by atoms with Crippen molar-refractivity contribution >= 4 is 17.2 Å². The number of nitrogens with zero attached hydrogens (tertiary/aromatic N) is 3. The quantitative estimate of drug-likeness (QED) is 0.555. The van der Waals surface area contributed by atoms with Gasteiger partial charge in [-0.25, -0.2) is 4.98 Å². The molecule has 0 atom stereocenters. The second kappa shape index (κ2) is 7.63. The predicted octanol–water partition coefficient (Wildman–Crippen LogP) is 5.42. The minimum atomic E-state index is 0.174. The van der Waals surface area contributed by atoms with Crippen LogP contribution in [0.15, 0.2) is 18.2 Å². The highest BCUT2D eigenvalue weighted by Crippen LogP contribution is 2.39. The summed E-state index contributed by atoms with van der Waals surface area (Å²) in [5.41, 5.74) is 5.89. The van der Waals surface area contributed by atoms with Crippen molar-refractivity contribution in [3.63, 3.8) is 0 Å². The van der Waals surface area contributed by atoms with Crippen LogP contribution in [0.1, 0.15) is 50.1 Å². The maximum atomic E-state index is 6.58. The van der Waals surface area contributed by atoms with Gasteiger partial charge >= 0.3 is 0 Å². The lowest BCUT2D eigenvalue weighted by molar-refractivity contribution is 0.178. The molecule has 1 aliphatic rings. The fourth-order valence-electron chi connectivity index (χ4n) is 3.97. The molecule has 148 valence electrons. The van der Waals surface area contributed by atoms with Crippen LogP contribution in [0.2, 0.25) is 5.02 Å². The van der Waals surface area contributed by atoms with Crippen LogP contribution in [0.4, 0.5) is 0 Å². The standard InChI is InChI=1S/C22H26ClN3O2/c1-5-14(6-2)28-22-17-8-7-9-19(17)24-21-20(13(3)25-26(21)22)16-11-10-15(27-4)12-18(16)23/h10-12,14H,5-9H2,1-4H3. The number of aryl methyl sites for hydroxylation is 2. The fraction of sp³-hybridized carbons (Fsp3) is 0.455. The van der Waals surface area contributed by atoms with Gasteiger partial charge in [0.05, 0.1) is 35.2 Å². The van der Waals surface area contributed by atoms with Gasteiger partial charge in [0.25, 0.3) is 0 Å². The van der Waals surface area contributed by atoms with Crippen LogP contribution in [-0.4, -0.2) is 27.8 Å². The number of fused-ring (bicyclic) bond motifs is 2. The van der Waals surface area contributed by atoms with E-state index in [-0.39, 0.29) is 6.10 Å². The molecule has 4 rings (SSSR count). The molecule has 0 spiro atoms. The third-order valence-corrected chi connectivity index (χ3v) is 5.86. The van der Waals surface area contributed by atoms with E-state index in [0.717, 1.165) is 71.9 Å². The number of hydrogen-bond acceptors (Lipinski definition) is 4. The molecular formula is C22H26ClN3O2. The third kappa shape index (κ3) is 3.12. The Morgan fingerprint density at radius 2 is 2.00 bits per heavy atom. The minimum Gasteiger partial charge on any atom is -0.497 e. The summed E-state index contributed by atoms with van der Waals surface area (Å²) in [6, 6.07) is 5.72. The van der Waals surface area contributed by atoms with Gasteiger partial charge in [0.2, 0.25) is 5.88 Å². The minimum absolute atomic E-state index is 0.174. The Balaban J connectivity index is 1.94. The van der Waals surface area contributed by atoms with Crippen molar-refractivity contribution < 1.29 is 9.47 Å². The Morgan fingerprint density at radius 1 is 1.21 bits per heavy atom. The maximum absolute atomic E-state index is 6.58. The first-order chi connectivity index (χ1) is 13.6. The highest BCUT2D eigenvalue weighted by molar-refractivity contribution is 6.33. The smallest absolute Gasteiger partial charge is 0.221 e. The lowest BCUT2D eigenvalue weighted by Crippen LogP contribution is -2.18. The molecule has 5 nitrogen and oxygen atoms in total. The van der Waals surface area contributed by atoms with E-state index in [1.165, 1.54) is 5.56 Å². The Labute approximate surface area is 170 Å². The van der Waals surface area contributed by atoms with Crippen molar-refractivity contribution in [2.24, 2.45) is 0 Å². The van der Waals surface area contributed by atoms with Crippen LogP contribution >= 0.6 is 11.6 Å². The van der Waals surface area contributed by atoms with Gasteiger partial charge in [0.15, 0.2) is 5.65 Å². The summed E-state index contributed by atoms with van der Waals surface area (Å²) in [5, 5.41) is 5.44. The Hall–Kier alpha value is -2.27. The van der Waals surface area contributed by atoms with Crippen molar-refractivity contribution in [2.45, 2.75) is 59.0 Å². The number of ether oxygens (including phenoxy) is 2. The first-order valence-corrected chi connectivity index (χ1v) is 10.4. The molecule has 0 saturated carbocycles. The molecule has 2 aromatic heterocycles. The topological polar surface area (TPSA) is 48.7 Å². The summed E-state index contributed by atoms with van der Waals surface area (Å²) in [7, 11) is 1.64. The molecule has 1 aromatic carbocycles. The van der Waals surface area contributed by atoms with E-state index in [4.69, 9.17) is 31.2 Å². The fourth-order valence-corrected chi connectivity index (χ4v) is 4.24. The number of methoxy groups -OCH3 is 1. The highest BCUT2D eigenvalue weighted by atomic mass is 35.5. The van der Waals surface area contributed by atoms with E-state index in [1.54, 1.807) is 7.11 Å². The normalized spacial score (nSPS) is 13.4. The summed E-state index contributed by atoms with van der Waals surface area (Å²) in [6.45, 7) is 6.31. The van der Waals surface area contributed by atoms with Crippen molar-refractivity contribution in [3.8, 4) is 22.8 Å². The van der Waals surface area contributed by atoms with E-state index < -0.39 is 0 Å². The van der Waals surface area contributed by atoms with E-state index in [2.05, 4.69) is 13.8 Å². The van der Waals surface area contributed by atoms with Gasteiger partial charge in [0.1, 0.15) is 5.75 Å². The summed E-state index contributed by atoms with van der Waals surface area (Å²) in [5.74, 6) is 1.58. The average molecular weight is 400 g/mol. The zero-order chi connectivity index (χ0) is 19.8. The zero-order valence-electron chi connectivity index (χ0n) is 16.9. The average Bonchev–Trinajstić information content (AvgIpc) is 3.29. The summed E-state index contributed by atoms with van der Waals surface area (Å²) >= 11 is 6.58. The Bertz CT molecular complexity index is 1020. The molecule has 0 aliphatic heterocycles. The number of benzene rings is 1. The molecule has 0 bridgehead atoms. The molecule has 0 fully saturated rings. The lowest BCUT2D eigenvalue weighted by atomic mass is 10.1. The Kier molecular flexibility index (Phi) is 5.19. The van der Waals surface area contributed by atoms with Crippen LogP contribution in [0.25, 0.3) is 16.8 Å². The van der Waals surface area contributed by atoms with E-state index in [0.29, 0.717) is 5.02 Å². The van der Waals surface area contributed by atoms with Crippen LogP contribution < -0.4 is 9.47 Å². The lowest BCUT2D eigenvalue weighted by Gasteiger charge is -2.19. The monoisotopic (exact) mass is 399 g/mol. The predicted molar refractivity (Wildman–Crippen MR) is 112 cm³/mol. The van der Waals surface area contributed by atoms with Gasteiger partial charge in [0, 0.05) is 11.1 Å². The highest BCUT2D eigenvalue weighted by Gasteiger charge is 2.27. The number of hydrogen-bond donors (Lipinski definition) is 0. The maximum Gasteiger partial charge on any atom is 0.221 e. The first kappa shape index (κ1) is 19.1. The molecule has 0 radical (unpaired) electrons. The molecule has 0 unspecified atom stereocenters. The van der Waals surface area contributed by atoms with Gasteiger partial charge in [-0.15, -0.1) is 0 Å². The number of halogens is 1. The molecule has 6 heteroatoms. The van der Waals surface area contributed by atoms with Crippen LogP contribution in [0.5, 0.6) is 11.6 Å². The van der Waals surface area contributed by atoms with Gasteiger partial charge in [-0.2, -0.15) is 9.61 Å². The summed E-state index contributed by atoms with van der Waals surface area (Å²) < 4.78 is 13.6. The number of aromatic nitrogens is 3. The summed E-state index contributed by atoms with van der Waals surface area (Å²) in [4.78, 5) is 4.99. The SMILES string of the molecule is CCC(CC)Oc1c2c(nc3c(-c4ccc(OC)cc4Cl)c(C)nn13)CCC2. The van der Waals surface area contributed by atoms with E-state index in [9.17, 15) is 0 Å².